The molecule has 0 saturated carbocycles. The van der Waals surface area contributed by atoms with E-state index in [1.165, 1.54) is 5.38 Å². The number of fused-ring (bicyclic) bond motifs is 1. The summed E-state index contributed by atoms with van der Waals surface area (Å²) in [5.74, 6) is -1.14. The Balaban J connectivity index is 0.00000304. The summed E-state index contributed by atoms with van der Waals surface area (Å²) < 4.78 is 53.6. The summed E-state index contributed by atoms with van der Waals surface area (Å²) in [6.07, 6.45) is -3.01. The zero-order valence-corrected chi connectivity index (χ0v) is 19.6. The predicted molar refractivity (Wildman–Crippen MR) is 129 cm³/mol. The largest absolute Gasteiger partial charge is 0.432 e. The molecule has 0 atom stereocenters. The smallest absolute Gasteiger partial charge is 0.326 e. The predicted octanol–water partition coefficient (Wildman–Crippen LogP) is 5.37. The summed E-state index contributed by atoms with van der Waals surface area (Å²) in [6.45, 7) is 0.000163. The van der Waals surface area contributed by atoms with Crippen molar-refractivity contribution in [1.29, 1.82) is 0 Å². The molecule has 0 spiro atoms. The molecule has 0 fully saturated rings. The third-order valence-corrected chi connectivity index (χ3v) is 6.12. The number of alkyl halides is 3. The first kappa shape index (κ1) is 25.3. The van der Waals surface area contributed by atoms with E-state index in [4.69, 9.17) is 5.73 Å². The molecule has 36 heavy (non-hydrogen) atoms. The second-order valence-corrected chi connectivity index (χ2v) is 8.35. The van der Waals surface area contributed by atoms with Crippen molar-refractivity contribution in [2.45, 2.75) is 12.7 Å². The highest BCUT2D eigenvalue weighted by Crippen LogP contribution is 2.35. The molecule has 0 aliphatic rings. The first-order valence-electron chi connectivity index (χ1n) is 10.1. The lowest BCUT2D eigenvalue weighted by Gasteiger charge is -2.13. The fourth-order valence-corrected chi connectivity index (χ4v) is 4.28. The lowest BCUT2D eigenvalue weighted by Crippen LogP contribution is -2.13. The molecule has 0 saturated heterocycles. The van der Waals surface area contributed by atoms with Gasteiger partial charge in [-0.15, -0.1) is 23.7 Å². The van der Waals surface area contributed by atoms with Gasteiger partial charge in [0.05, 0.1) is 17.4 Å². The number of hydrogen-bond donors (Lipinski definition) is 4. The maximum absolute atomic E-state index is 15.1. The molecule has 0 aliphatic heterocycles. The van der Waals surface area contributed by atoms with Crippen LogP contribution in [0.15, 0.2) is 48.0 Å². The second kappa shape index (κ2) is 9.68. The van der Waals surface area contributed by atoms with Crippen molar-refractivity contribution in [3.63, 3.8) is 0 Å². The third-order valence-electron chi connectivity index (χ3n) is 5.25. The number of aromatic amines is 2. The molecule has 5 N–H and O–H groups in total. The SMILES string of the molecule is Cl.NCc1cccc(-c2cc3cn[nH]c3cc2NC(=O)c2csc(-c3cc(C(F)(F)F)[nH]n3)n2)c1F. The van der Waals surface area contributed by atoms with Crippen molar-refractivity contribution in [3.05, 3.63) is 70.7 Å². The number of halogens is 5. The first-order valence-corrected chi connectivity index (χ1v) is 11.0. The Morgan fingerprint density at radius 2 is 1.94 bits per heavy atom. The lowest BCUT2D eigenvalue weighted by molar-refractivity contribution is -0.141. The standard InChI is InChI=1S/C22H15F4N7OS.ClH/c23-19-10(7-27)2-1-3-12(19)13-4-11-8-28-31-14(11)5-15(13)29-20(34)17-9-35-21(30-17)16-6-18(33-32-16)22(24,25)26;/h1-6,8-9H,7,27H2,(H,28,31)(H,29,34)(H,32,33);1H. The van der Waals surface area contributed by atoms with Gasteiger partial charge in [-0.1, -0.05) is 18.2 Å². The number of rotatable bonds is 5. The number of carbonyl (C=O) groups excluding carboxylic acids is 1. The highest BCUT2D eigenvalue weighted by molar-refractivity contribution is 7.13. The van der Waals surface area contributed by atoms with Gasteiger partial charge in [0.1, 0.15) is 27.9 Å². The minimum Gasteiger partial charge on any atom is -0.326 e. The van der Waals surface area contributed by atoms with Gasteiger partial charge < -0.3 is 11.1 Å². The summed E-state index contributed by atoms with van der Waals surface area (Å²) in [4.78, 5) is 17.1. The molecule has 3 aromatic heterocycles. The van der Waals surface area contributed by atoms with E-state index in [0.29, 0.717) is 22.0 Å². The maximum Gasteiger partial charge on any atom is 0.432 e. The van der Waals surface area contributed by atoms with E-state index in [9.17, 15) is 18.0 Å². The van der Waals surface area contributed by atoms with Crippen LogP contribution in [0.4, 0.5) is 23.2 Å². The lowest BCUT2D eigenvalue weighted by atomic mass is 9.98. The van der Waals surface area contributed by atoms with Crippen LogP contribution in [0.3, 0.4) is 0 Å². The van der Waals surface area contributed by atoms with Crippen LogP contribution in [-0.2, 0) is 12.7 Å². The van der Waals surface area contributed by atoms with Gasteiger partial charge in [-0.25, -0.2) is 9.37 Å². The minimum absolute atomic E-state index is 0. The number of amides is 1. The van der Waals surface area contributed by atoms with Crippen molar-refractivity contribution in [1.82, 2.24) is 25.4 Å². The van der Waals surface area contributed by atoms with Gasteiger partial charge in [0.15, 0.2) is 0 Å². The number of thiazole rings is 1. The van der Waals surface area contributed by atoms with Crippen LogP contribution in [0.25, 0.3) is 32.7 Å². The summed E-state index contributed by atoms with van der Waals surface area (Å²) >= 11 is 0.966. The Morgan fingerprint density at radius 3 is 2.67 bits per heavy atom. The van der Waals surface area contributed by atoms with Crippen LogP contribution < -0.4 is 11.1 Å². The molecule has 5 rings (SSSR count). The van der Waals surface area contributed by atoms with Crippen LogP contribution >= 0.6 is 23.7 Å². The van der Waals surface area contributed by atoms with Crippen molar-refractivity contribution in [2.24, 2.45) is 5.73 Å². The first-order chi connectivity index (χ1) is 16.7. The molecule has 8 nitrogen and oxygen atoms in total. The normalized spacial score (nSPS) is 11.5. The van der Waals surface area contributed by atoms with E-state index in [1.54, 1.807) is 36.5 Å². The zero-order chi connectivity index (χ0) is 24.7. The topological polar surface area (TPSA) is 125 Å². The molecule has 0 radical (unpaired) electrons. The number of benzene rings is 2. The highest BCUT2D eigenvalue weighted by atomic mass is 35.5. The molecule has 0 aliphatic carbocycles. The van der Waals surface area contributed by atoms with E-state index in [-0.39, 0.29) is 46.6 Å². The van der Waals surface area contributed by atoms with Gasteiger partial charge in [-0.2, -0.15) is 23.4 Å². The number of anilines is 1. The Labute approximate surface area is 210 Å². The van der Waals surface area contributed by atoms with E-state index in [0.717, 1.165) is 17.4 Å². The van der Waals surface area contributed by atoms with E-state index < -0.39 is 23.6 Å². The van der Waals surface area contributed by atoms with Gasteiger partial charge in [0, 0.05) is 34.0 Å². The second-order valence-electron chi connectivity index (χ2n) is 7.49. The molecular weight excluding hydrogens is 522 g/mol. The maximum atomic E-state index is 15.1. The molecule has 1 amide bonds. The van der Waals surface area contributed by atoms with E-state index in [1.807, 2.05) is 5.10 Å². The number of H-pyrrole nitrogens is 2. The Hall–Kier alpha value is -3.81. The number of hydrogen-bond acceptors (Lipinski definition) is 6. The molecule has 14 heteroatoms. The Kier molecular flexibility index (Phi) is 6.80. The van der Waals surface area contributed by atoms with Crippen LogP contribution in [0.2, 0.25) is 0 Å². The number of nitrogens with one attached hydrogen (secondary N) is 3. The van der Waals surface area contributed by atoms with Gasteiger partial charge in [0.25, 0.3) is 5.91 Å². The van der Waals surface area contributed by atoms with Crippen LogP contribution in [-0.4, -0.2) is 31.3 Å². The molecule has 5 aromatic rings. The molecular formula is C22H16ClF4N7OS. The van der Waals surface area contributed by atoms with Gasteiger partial charge in [-0.3, -0.25) is 15.0 Å². The number of nitrogens with zero attached hydrogens (tertiary/aromatic N) is 3. The minimum atomic E-state index is -4.58. The molecule has 186 valence electrons. The Morgan fingerprint density at radius 1 is 1.14 bits per heavy atom. The molecule has 0 bridgehead atoms. The average Bonchev–Trinajstić information content (AvgIpc) is 3.58. The average molecular weight is 538 g/mol. The molecule has 0 unspecified atom stereocenters. The van der Waals surface area contributed by atoms with Crippen molar-refractivity contribution in [3.8, 4) is 21.8 Å². The highest BCUT2D eigenvalue weighted by Gasteiger charge is 2.33. The fraction of sp³-hybridized carbons (Fsp3) is 0.0909. The van der Waals surface area contributed by atoms with E-state index >= 15 is 4.39 Å². The quantitative estimate of drug-likeness (QED) is 0.224. The monoisotopic (exact) mass is 537 g/mol. The van der Waals surface area contributed by atoms with Crippen LogP contribution in [0.5, 0.6) is 0 Å². The number of carbonyl (C=O) groups is 1. The third kappa shape index (κ3) is 4.67. The number of aromatic nitrogens is 5. The molecule has 2 aromatic carbocycles. The van der Waals surface area contributed by atoms with Crippen molar-refractivity contribution < 1.29 is 22.4 Å². The van der Waals surface area contributed by atoms with Crippen LogP contribution in [0, 0.1) is 5.82 Å². The van der Waals surface area contributed by atoms with Crippen molar-refractivity contribution in [2.75, 3.05) is 5.32 Å². The van der Waals surface area contributed by atoms with Gasteiger partial charge >= 0.3 is 6.18 Å². The summed E-state index contributed by atoms with van der Waals surface area (Å²) in [5, 5.41) is 17.3. The van der Waals surface area contributed by atoms with Gasteiger partial charge in [0.2, 0.25) is 0 Å². The summed E-state index contributed by atoms with van der Waals surface area (Å²) in [6, 6.07) is 8.92. The fourth-order valence-electron chi connectivity index (χ4n) is 3.52. The van der Waals surface area contributed by atoms with Gasteiger partial charge in [-0.05, 0) is 18.2 Å². The summed E-state index contributed by atoms with van der Waals surface area (Å²) in [7, 11) is 0. The molecule has 3 heterocycles. The van der Waals surface area contributed by atoms with Crippen LogP contribution in [0.1, 0.15) is 21.7 Å². The Bertz CT molecular complexity index is 1560. The zero-order valence-electron chi connectivity index (χ0n) is 18.0. The summed E-state index contributed by atoms with van der Waals surface area (Å²) in [5.41, 5.74) is 6.39. The van der Waals surface area contributed by atoms with Crippen molar-refractivity contribution >= 4 is 46.2 Å². The number of nitrogens with two attached hydrogens (primary N) is 1. The van der Waals surface area contributed by atoms with E-state index in [2.05, 4.69) is 25.6 Å².